The highest BCUT2D eigenvalue weighted by Crippen LogP contribution is 2.19. The van der Waals surface area contributed by atoms with Crippen LogP contribution in [-0.2, 0) is 13.3 Å². The Bertz CT molecular complexity index is 234. The first-order valence-electron chi connectivity index (χ1n) is 4.99. The van der Waals surface area contributed by atoms with E-state index in [1.807, 2.05) is 6.92 Å². The van der Waals surface area contributed by atoms with Gasteiger partial charge in [-0.05, 0) is 24.7 Å². The molecule has 3 nitrogen and oxygen atoms in total. The zero-order chi connectivity index (χ0) is 12.6. The van der Waals surface area contributed by atoms with E-state index in [-0.39, 0.29) is 0 Å². The van der Waals surface area contributed by atoms with Gasteiger partial charge in [0.2, 0.25) is 0 Å². The molecule has 0 radical (unpaired) electrons. The van der Waals surface area contributed by atoms with Crippen LogP contribution in [0.4, 0.5) is 0 Å². The predicted octanol–water partition coefficient (Wildman–Crippen LogP) is 2.89. The van der Waals surface area contributed by atoms with Gasteiger partial charge in [0.05, 0.1) is 4.20 Å². The second-order valence-corrected chi connectivity index (χ2v) is 8.18. The van der Waals surface area contributed by atoms with Crippen molar-refractivity contribution in [1.29, 1.82) is 0 Å². The minimum Gasteiger partial charge on any atom is -0.377 e. The summed E-state index contributed by atoms with van der Waals surface area (Å²) >= 11 is 6.80. The van der Waals surface area contributed by atoms with Crippen LogP contribution in [0.25, 0.3) is 0 Å². The minimum atomic E-state index is -2.40. The van der Waals surface area contributed by atoms with Gasteiger partial charge < -0.3 is 13.3 Å². The maximum Gasteiger partial charge on any atom is 0.500 e. The number of thioether (sulfide) groups is 1. The van der Waals surface area contributed by atoms with Crippen molar-refractivity contribution < 1.29 is 13.3 Å². The van der Waals surface area contributed by atoms with Crippen LogP contribution in [0.3, 0.4) is 0 Å². The zero-order valence-electron chi connectivity index (χ0n) is 10.4. The molecule has 16 heavy (non-hydrogen) atoms. The molecule has 0 bridgehead atoms. The fraction of sp³-hybridized carbons (Fsp3) is 0.700. The summed E-state index contributed by atoms with van der Waals surface area (Å²) in [5.41, 5.74) is 0.953. The van der Waals surface area contributed by atoms with E-state index in [2.05, 4.69) is 6.58 Å². The molecule has 0 aliphatic rings. The molecule has 0 saturated carbocycles. The second-order valence-electron chi connectivity index (χ2n) is 3.32. The predicted molar refractivity (Wildman–Crippen MR) is 76.1 cm³/mol. The van der Waals surface area contributed by atoms with Crippen molar-refractivity contribution in [2.24, 2.45) is 0 Å². The van der Waals surface area contributed by atoms with Crippen molar-refractivity contribution in [2.75, 3.05) is 27.1 Å². The van der Waals surface area contributed by atoms with Crippen LogP contribution >= 0.6 is 24.0 Å². The van der Waals surface area contributed by atoms with Gasteiger partial charge in [0.25, 0.3) is 0 Å². The van der Waals surface area contributed by atoms with Gasteiger partial charge in [-0.3, -0.25) is 0 Å². The molecule has 0 heterocycles. The van der Waals surface area contributed by atoms with Crippen molar-refractivity contribution in [1.82, 2.24) is 0 Å². The molecule has 0 fully saturated rings. The third kappa shape index (κ3) is 5.56. The SMILES string of the molecule is C=C(C)C(=S)SCCC[Si](OC)(OC)OC. The highest BCUT2D eigenvalue weighted by atomic mass is 32.2. The lowest BCUT2D eigenvalue weighted by atomic mass is 10.4. The standard InChI is InChI=1S/C10H20O3S2Si/c1-9(2)10(14)15-7-6-8-16(11-3,12-4)13-5/h1,6-8H2,2-5H3. The summed E-state index contributed by atoms with van der Waals surface area (Å²) in [5, 5.41) is 0. The maximum absolute atomic E-state index is 5.33. The molecule has 0 unspecified atom stereocenters. The highest BCUT2D eigenvalue weighted by molar-refractivity contribution is 8.23. The van der Waals surface area contributed by atoms with E-state index in [0.717, 1.165) is 28.0 Å². The third-order valence-corrected chi connectivity index (χ3v) is 6.78. The summed E-state index contributed by atoms with van der Waals surface area (Å²) < 4.78 is 16.9. The van der Waals surface area contributed by atoms with E-state index in [0.29, 0.717) is 0 Å². The van der Waals surface area contributed by atoms with Crippen LogP contribution in [0, 0.1) is 0 Å². The van der Waals surface area contributed by atoms with E-state index >= 15 is 0 Å². The first-order chi connectivity index (χ1) is 7.51. The molecule has 0 amide bonds. The van der Waals surface area contributed by atoms with E-state index in [9.17, 15) is 0 Å². The molecule has 0 saturated heterocycles. The Balaban J connectivity index is 3.88. The maximum atomic E-state index is 5.33. The zero-order valence-corrected chi connectivity index (χ0v) is 13.0. The Morgan fingerprint density at radius 3 is 2.12 bits per heavy atom. The molecular weight excluding hydrogens is 260 g/mol. The monoisotopic (exact) mass is 280 g/mol. The van der Waals surface area contributed by atoms with Crippen molar-refractivity contribution >= 4 is 37.0 Å². The minimum absolute atomic E-state index is 0.808. The second kappa shape index (κ2) is 8.38. The average Bonchev–Trinajstić information content (AvgIpc) is 2.30. The van der Waals surface area contributed by atoms with E-state index < -0.39 is 8.80 Å². The summed E-state index contributed by atoms with van der Waals surface area (Å²) in [6.07, 6.45) is 0.958. The topological polar surface area (TPSA) is 27.7 Å². The molecule has 0 atom stereocenters. The van der Waals surface area contributed by atoms with Crippen LogP contribution in [0.2, 0.25) is 6.04 Å². The summed E-state index contributed by atoms with van der Waals surface area (Å²) in [5.74, 6) is 0.941. The lowest BCUT2D eigenvalue weighted by Gasteiger charge is -2.24. The van der Waals surface area contributed by atoms with Crippen LogP contribution in [0.15, 0.2) is 12.2 Å². The summed E-state index contributed by atoms with van der Waals surface area (Å²) in [4.78, 5) is 0. The first kappa shape index (κ1) is 16.3. The van der Waals surface area contributed by atoms with Crippen LogP contribution in [-0.4, -0.2) is 40.1 Å². The number of hydrogen-bond acceptors (Lipinski definition) is 5. The van der Waals surface area contributed by atoms with Gasteiger partial charge in [0.15, 0.2) is 0 Å². The van der Waals surface area contributed by atoms with Gasteiger partial charge in [0, 0.05) is 27.4 Å². The summed E-state index contributed by atoms with van der Waals surface area (Å²) in [6, 6.07) is 0.808. The van der Waals surface area contributed by atoms with Crippen molar-refractivity contribution in [3.63, 3.8) is 0 Å². The number of thiocarbonyl (C=S) groups is 1. The fourth-order valence-electron chi connectivity index (χ4n) is 1.13. The highest BCUT2D eigenvalue weighted by Gasteiger charge is 2.36. The number of hydrogen-bond donors (Lipinski definition) is 0. The molecule has 0 aromatic heterocycles. The van der Waals surface area contributed by atoms with Crippen molar-refractivity contribution in [3.05, 3.63) is 12.2 Å². The Labute approximate surface area is 109 Å². The quantitative estimate of drug-likeness (QED) is 0.295. The van der Waals surface area contributed by atoms with Gasteiger partial charge in [-0.15, -0.1) is 11.8 Å². The van der Waals surface area contributed by atoms with Gasteiger partial charge >= 0.3 is 8.80 Å². The molecular formula is C10H20O3S2Si. The van der Waals surface area contributed by atoms with Crippen molar-refractivity contribution in [2.45, 2.75) is 19.4 Å². The van der Waals surface area contributed by atoms with Gasteiger partial charge in [-0.2, -0.15) is 0 Å². The molecule has 6 heteroatoms. The van der Waals surface area contributed by atoms with Crippen molar-refractivity contribution in [3.8, 4) is 0 Å². The molecule has 0 spiro atoms. The smallest absolute Gasteiger partial charge is 0.377 e. The Hall–Kier alpha value is 0.277. The molecule has 0 aliphatic heterocycles. The summed E-state index contributed by atoms with van der Waals surface area (Å²) in [7, 11) is 2.49. The normalized spacial score (nSPS) is 11.5. The van der Waals surface area contributed by atoms with E-state index in [1.54, 1.807) is 33.1 Å². The largest absolute Gasteiger partial charge is 0.500 e. The van der Waals surface area contributed by atoms with Gasteiger partial charge in [-0.25, -0.2) is 0 Å². The molecule has 0 aromatic rings. The Morgan fingerprint density at radius 1 is 1.25 bits per heavy atom. The van der Waals surface area contributed by atoms with E-state index in [4.69, 9.17) is 25.5 Å². The Kier molecular flexibility index (Phi) is 8.52. The molecule has 0 N–H and O–H groups in total. The van der Waals surface area contributed by atoms with Crippen LogP contribution in [0.5, 0.6) is 0 Å². The first-order valence-corrected chi connectivity index (χ1v) is 8.32. The Morgan fingerprint density at radius 2 is 1.75 bits per heavy atom. The lowest BCUT2D eigenvalue weighted by molar-refractivity contribution is 0.123. The van der Waals surface area contributed by atoms with Gasteiger partial charge in [-0.1, -0.05) is 18.8 Å². The fourth-order valence-corrected chi connectivity index (χ4v) is 4.08. The van der Waals surface area contributed by atoms with E-state index in [1.165, 1.54) is 0 Å². The molecule has 94 valence electrons. The molecule has 0 aliphatic carbocycles. The lowest BCUT2D eigenvalue weighted by Crippen LogP contribution is -2.42. The molecule has 0 aromatic carbocycles. The molecule has 0 rings (SSSR count). The van der Waals surface area contributed by atoms with Crippen LogP contribution < -0.4 is 0 Å². The number of rotatable bonds is 8. The average molecular weight is 280 g/mol. The summed E-state index contributed by atoms with van der Waals surface area (Å²) in [6.45, 7) is 5.73. The third-order valence-electron chi connectivity index (χ3n) is 2.14. The van der Waals surface area contributed by atoms with Gasteiger partial charge in [0.1, 0.15) is 0 Å². The van der Waals surface area contributed by atoms with Crippen LogP contribution in [0.1, 0.15) is 13.3 Å².